The number of anilines is 1. The summed E-state index contributed by atoms with van der Waals surface area (Å²) in [5.74, 6) is 0.418. The van der Waals surface area contributed by atoms with Crippen molar-refractivity contribution < 1.29 is 9.53 Å². The minimum atomic E-state index is -0.286. The van der Waals surface area contributed by atoms with Crippen molar-refractivity contribution >= 4 is 17.4 Å². The third-order valence-corrected chi connectivity index (χ3v) is 3.95. The highest BCUT2D eigenvalue weighted by atomic mass is 16.5. The predicted octanol–water partition coefficient (Wildman–Crippen LogP) is 3.50. The molecule has 7 nitrogen and oxygen atoms in total. The number of hydrogen-bond donors (Lipinski definition) is 3. The van der Waals surface area contributed by atoms with E-state index in [-0.39, 0.29) is 17.8 Å². The smallest absolute Gasteiger partial charge is 0.274 e. The molecule has 0 saturated heterocycles. The summed E-state index contributed by atoms with van der Waals surface area (Å²) in [5, 5.41) is 14.9. The van der Waals surface area contributed by atoms with Crippen molar-refractivity contribution in [1.82, 2.24) is 9.78 Å². The van der Waals surface area contributed by atoms with Crippen LogP contribution in [0.4, 0.5) is 5.69 Å². The number of amides is 1. The number of nitrogens with zero attached hydrogens (tertiary/aromatic N) is 2. The normalized spacial score (nSPS) is 10.7. The van der Waals surface area contributed by atoms with Gasteiger partial charge in [-0.3, -0.25) is 10.2 Å². The van der Waals surface area contributed by atoms with Crippen LogP contribution in [0.5, 0.6) is 5.75 Å². The maximum absolute atomic E-state index is 12.8. The largest absolute Gasteiger partial charge is 0.491 e. The van der Waals surface area contributed by atoms with Crippen LogP contribution >= 0.6 is 0 Å². The van der Waals surface area contributed by atoms with E-state index in [9.17, 15) is 4.79 Å². The molecule has 0 aliphatic rings. The number of aryl methyl sites for hydroxylation is 1. The van der Waals surface area contributed by atoms with Crippen LogP contribution in [0.2, 0.25) is 0 Å². The van der Waals surface area contributed by atoms with Gasteiger partial charge in [-0.15, -0.1) is 0 Å². The van der Waals surface area contributed by atoms with Gasteiger partial charge in [0, 0.05) is 11.3 Å². The molecule has 0 bridgehead atoms. The third-order valence-electron chi connectivity index (χ3n) is 3.95. The van der Waals surface area contributed by atoms with Crippen molar-refractivity contribution in [2.45, 2.75) is 26.9 Å². The molecule has 2 aromatic carbocycles. The van der Waals surface area contributed by atoms with Crippen molar-refractivity contribution in [3.05, 3.63) is 71.5 Å². The molecule has 1 aromatic heterocycles. The van der Waals surface area contributed by atoms with E-state index in [0.29, 0.717) is 28.3 Å². The molecule has 0 radical (unpaired) electrons. The third kappa shape index (κ3) is 4.37. The fourth-order valence-electron chi connectivity index (χ4n) is 2.75. The molecule has 0 aliphatic carbocycles. The van der Waals surface area contributed by atoms with Gasteiger partial charge in [0.15, 0.2) is 0 Å². The lowest BCUT2D eigenvalue weighted by Gasteiger charge is -2.11. The van der Waals surface area contributed by atoms with Gasteiger partial charge in [-0.25, -0.2) is 4.68 Å². The van der Waals surface area contributed by atoms with E-state index >= 15 is 0 Å². The van der Waals surface area contributed by atoms with E-state index in [4.69, 9.17) is 15.9 Å². The zero-order chi connectivity index (χ0) is 20.3. The quantitative estimate of drug-likeness (QED) is 0.451. The summed E-state index contributed by atoms with van der Waals surface area (Å²) in [6.07, 6.45) is 0.0866. The number of hydrogen-bond acceptors (Lipinski definition) is 4. The van der Waals surface area contributed by atoms with Crippen molar-refractivity contribution in [3.63, 3.8) is 0 Å². The van der Waals surface area contributed by atoms with Crippen LogP contribution in [-0.4, -0.2) is 27.6 Å². The highest BCUT2D eigenvalue weighted by Gasteiger charge is 2.16. The Bertz CT molecular complexity index is 1010. The number of amidine groups is 1. The zero-order valence-electron chi connectivity index (χ0n) is 16.1. The minimum absolute atomic E-state index is 0.0413. The first kappa shape index (κ1) is 19.2. The minimum Gasteiger partial charge on any atom is -0.491 e. The van der Waals surface area contributed by atoms with Gasteiger partial charge in [-0.2, -0.15) is 5.10 Å². The lowest BCUT2D eigenvalue weighted by Crippen LogP contribution is -2.17. The Hall–Kier alpha value is -3.61. The van der Waals surface area contributed by atoms with Gasteiger partial charge >= 0.3 is 0 Å². The van der Waals surface area contributed by atoms with Crippen LogP contribution in [-0.2, 0) is 0 Å². The summed E-state index contributed by atoms with van der Waals surface area (Å²) in [6, 6.07) is 16.0. The molecule has 3 aromatic rings. The lowest BCUT2D eigenvalue weighted by atomic mass is 10.2. The van der Waals surface area contributed by atoms with E-state index in [0.717, 1.165) is 5.75 Å². The van der Waals surface area contributed by atoms with Gasteiger partial charge in [0.05, 0.1) is 17.5 Å². The van der Waals surface area contributed by atoms with Crippen LogP contribution in [0.25, 0.3) is 5.69 Å². The molecule has 28 heavy (non-hydrogen) atoms. The van der Waals surface area contributed by atoms with Crippen molar-refractivity contribution in [2.75, 3.05) is 5.32 Å². The average Bonchev–Trinajstić information content (AvgIpc) is 3.05. The van der Waals surface area contributed by atoms with E-state index in [1.807, 2.05) is 39.0 Å². The number of nitrogen functional groups attached to an aromatic ring is 1. The molecule has 1 heterocycles. The van der Waals surface area contributed by atoms with Gasteiger partial charge < -0.3 is 15.8 Å². The molecule has 3 rings (SSSR count). The molecule has 0 atom stereocenters. The first-order valence-corrected chi connectivity index (χ1v) is 8.93. The number of ether oxygens (including phenoxy) is 1. The van der Waals surface area contributed by atoms with Crippen LogP contribution < -0.4 is 15.8 Å². The predicted molar refractivity (Wildman–Crippen MR) is 109 cm³/mol. The molecular formula is C21H23N5O2. The Kier molecular flexibility index (Phi) is 5.44. The molecule has 0 spiro atoms. The Morgan fingerprint density at radius 1 is 1.18 bits per heavy atom. The van der Waals surface area contributed by atoms with Crippen LogP contribution in [0.15, 0.2) is 54.6 Å². The Morgan fingerprint density at radius 3 is 2.54 bits per heavy atom. The maximum atomic E-state index is 12.8. The number of carbonyl (C=O) groups excluding carboxylic acids is 1. The Morgan fingerprint density at radius 2 is 1.89 bits per heavy atom. The summed E-state index contributed by atoms with van der Waals surface area (Å²) < 4.78 is 7.16. The van der Waals surface area contributed by atoms with Crippen molar-refractivity contribution in [2.24, 2.45) is 5.73 Å². The Balaban J connectivity index is 1.85. The highest BCUT2D eigenvalue weighted by Crippen LogP contribution is 2.19. The molecule has 144 valence electrons. The molecule has 1 amide bonds. The molecule has 7 heteroatoms. The molecule has 0 saturated carbocycles. The SMILES string of the molecule is Cc1cc(C(=O)Nc2ccc(OC(C)C)cc2)n(-c2cccc(C(=N)N)c2)n1. The fraction of sp³-hybridized carbons (Fsp3) is 0.190. The number of rotatable bonds is 6. The van der Waals surface area contributed by atoms with Gasteiger partial charge in [-0.05, 0) is 63.2 Å². The number of aromatic nitrogens is 2. The molecule has 0 fully saturated rings. The zero-order valence-corrected chi connectivity index (χ0v) is 16.1. The van der Waals surface area contributed by atoms with Crippen molar-refractivity contribution in [3.8, 4) is 11.4 Å². The second kappa shape index (κ2) is 7.96. The summed E-state index contributed by atoms with van der Waals surface area (Å²) in [5.41, 5.74) is 8.55. The summed E-state index contributed by atoms with van der Waals surface area (Å²) >= 11 is 0. The lowest BCUT2D eigenvalue weighted by molar-refractivity contribution is 0.101. The molecule has 4 N–H and O–H groups in total. The standard InChI is InChI=1S/C21H23N5O2/c1-13(2)28-18-9-7-16(8-10-18)24-21(27)19-11-14(3)25-26(19)17-6-4-5-15(12-17)20(22)23/h4-13H,1-3H3,(H3,22,23)(H,24,27). The van der Waals surface area contributed by atoms with Gasteiger partial charge in [-0.1, -0.05) is 12.1 Å². The van der Waals surface area contributed by atoms with Crippen molar-refractivity contribution in [1.29, 1.82) is 5.41 Å². The molecular weight excluding hydrogens is 354 g/mol. The first-order valence-electron chi connectivity index (χ1n) is 8.93. The van der Waals surface area contributed by atoms with Gasteiger partial charge in [0.25, 0.3) is 5.91 Å². The van der Waals surface area contributed by atoms with E-state index in [1.165, 1.54) is 0 Å². The van der Waals surface area contributed by atoms with E-state index in [2.05, 4.69) is 10.4 Å². The van der Waals surface area contributed by atoms with E-state index < -0.39 is 0 Å². The van der Waals surface area contributed by atoms with E-state index in [1.54, 1.807) is 41.1 Å². The first-order chi connectivity index (χ1) is 13.3. The summed E-state index contributed by atoms with van der Waals surface area (Å²) in [6.45, 7) is 5.74. The summed E-state index contributed by atoms with van der Waals surface area (Å²) in [7, 11) is 0. The average molecular weight is 377 g/mol. The van der Waals surface area contributed by atoms with Crippen LogP contribution in [0.1, 0.15) is 35.6 Å². The highest BCUT2D eigenvalue weighted by molar-refractivity contribution is 6.03. The molecule has 0 aliphatic heterocycles. The second-order valence-corrected chi connectivity index (χ2v) is 6.69. The summed E-state index contributed by atoms with van der Waals surface area (Å²) in [4.78, 5) is 12.8. The number of carbonyl (C=O) groups is 1. The molecule has 0 unspecified atom stereocenters. The van der Waals surface area contributed by atoms with Crippen LogP contribution in [0.3, 0.4) is 0 Å². The van der Waals surface area contributed by atoms with Crippen LogP contribution in [0, 0.1) is 12.3 Å². The Labute approximate surface area is 163 Å². The second-order valence-electron chi connectivity index (χ2n) is 6.69. The fourth-order valence-corrected chi connectivity index (χ4v) is 2.75. The number of benzene rings is 2. The monoisotopic (exact) mass is 377 g/mol. The number of nitrogens with two attached hydrogens (primary N) is 1. The van der Waals surface area contributed by atoms with Gasteiger partial charge in [0.1, 0.15) is 17.3 Å². The number of nitrogens with one attached hydrogen (secondary N) is 2. The maximum Gasteiger partial charge on any atom is 0.274 e. The topological polar surface area (TPSA) is 106 Å². The van der Waals surface area contributed by atoms with Gasteiger partial charge in [0.2, 0.25) is 0 Å².